The minimum absolute atomic E-state index is 0.148. The van der Waals surface area contributed by atoms with Crippen molar-refractivity contribution in [2.24, 2.45) is 5.14 Å². The number of sulfonamides is 1. The van der Waals surface area contributed by atoms with Crippen LogP contribution in [0.2, 0.25) is 0 Å². The van der Waals surface area contributed by atoms with Gasteiger partial charge < -0.3 is 10.2 Å². The second-order valence-corrected chi connectivity index (χ2v) is 7.92. The third kappa shape index (κ3) is 4.08. The van der Waals surface area contributed by atoms with E-state index in [0.717, 1.165) is 42.1 Å². The lowest BCUT2D eigenvalue weighted by Gasteiger charge is -2.30. The van der Waals surface area contributed by atoms with Gasteiger partial charge >= 0.3 is 0 Å². The minimum Gasteiger partial charge on any atom is -0.367 e. The van der Waals surface area contributed by atoms with Crippen LogP contribution in [0.3, 0.4) is 0 Å². The first kappa shape index (κ1) is 17.6. The van der Waals surface area contributed by atoms with Crippen molar-refractivity contribution in [1.82, 2.24) is 9.97 Å². The van der Waals surface area contributed by atoms with E-state index in [1.54, 1.807) is 18.5 Å². The summed E-state index contributed by atoms with van der Waals surface area (Å²) < 4.78 is 23.2. The Morgan fingerprint density at radius 1 is 1.28 bits per heavy atom. The van der Waals surface area contributed by atoms with Gasteiger partial charge in [-0.2, -0.15) is 0 Å². The number of rotatable bonds is 5. The van der Waals surface area contributed by atoms with Gasteiger partial charge in [0.2, 0.25) is 10.0 Å². The van der Waals surface area contributed by atoms with E-state index in [1.807, 2.05) is 12.1 Å². The second kappa shape index (κ2) is 6.97. The van der Waals surface area contributed by atoms with Crippen molar-refractivity contribution < 1.29 is 8.42 Å². The molecule has 7 nitrogen and oxygen atoms in total. The van der Waals surface area contributed by atoms with Crippen molar-refractivity contribution in [3.8, 4) is 0 Å². The smallest absolute Gasteiger partial charge is 0.238 e. The highest BCUT2D eigenvalue weighted by molar-refractivity contribution is 7.89. The minimum atomic E-state index is -3.70. The van der Waals surface area contributed by atoms with Crippen molar-refractivity contribution in [2.45, 2.75) is 44.2 Å². The molecular weight excluding hydrogens is 338 g/mol. The van der Waals surface area contributed by atoms with Crippen LogP contribution < -0.4 is 15.4 Å². The number of benzene rings is 1. The Hall–Kier alpha value is -2.19. The number of nitrogens with two attached hydrogens (primary N) is 1. The fourth-order valence-corrected chi connectivity index (χ4v) is 3.42. The van der Waals surface area contributed by atoms with E-state index in [-0.39, 0.29) is 4.90 Å². The summed E-state index contributed by atoms with van der Waals surface area (Å²) in [5.74, 6) is 1.62. The van der Waals surface area contributed by atoms with Crippen LogP contribution >= 0.6 is 0 Å². The van der Waals surface area contributed by atoms with Crippen molar-refractivity contribution >= 4 is 21.7 Å². The average molecular weight is 361 g/mol. The van der Waals surface area contributed by atoms with Crippen molar-refractivity contribution in [3.63, 3.8) is 0 Å². The zero-order valence-electron chi connectivity index (χ0n) is 14.4. The van der Waals surface area contributed by atoms with Crippen LogP contribution in [0, 0.1) is 0 Å². The summed E-state index contributed by atoms with van der Waals surface area (Å²) >= 11 is 0. The predicted octanol–water partition coefficient (Wildman–Crippen LogP) is 1.90. The number of anilines is 2. The van der Waals surface area contributed by atoms with E-state index in [4.69, 9.17) is 5.14 Å². The maximum atomic E-state index is 11.6. The van der Waals surface area contributed by atoms with Gasteiger partial charge in [0.05, 0.1) is 4.90 Å². The van der Waals surface area contributed by atoms with Gasteiger partial charge in [0.25, 0.3) is 0 Å². The van der Waals surface area contributed by atoms with E-state index in [1.165, 1.54) is 0 Å². The van der Waals surface area contributed by atoms with Crippen molar-refractivity contribution in [2.75, 3.05) is 16.8 Å². The van der Waals surface area contributed by atoms with Crippen molar-refractivity contribution in [3.05, 3.63) is 41.7 Å². The Balaban J connectivity index is 1.84. The van der Waals surface area contributed by atoms with E-state index < -0.39 is 10.0 Å². The third-order valence-corrected chi connectivity index (χ3v) is 5.41. The first-order chi connectivity index (χ1) is 11.9. The first-order valence-electron chi connectivity index (χ1n) is 8.35. The summed E-state index contributed by atoms with van der Waals surface area (Å²) in [6.07, 6.45) is 3.39. The largest absolute Gasteiger partial charge is 0.367 e. The number of hydrogen-bond donors (Lipinski definition) is 2. The van der Waals surface area contributed by atoms with Crippen LogP contribution in [0.4, 0.5) is 11.6 Å². The fraction of sp³-hybridized carbons (Fsp3) is 0.412. The summed E-state index contributed by atoms with van der Waals surface area (Å²) in [6.45, 7) is 5.64. The summed E-state index contributed by atoms with van der Waals surface area (Å²) in [5, 5.41) is 8.59. The molecule has 134 valence electrons. The zero-order valence-corrected chi connectivity index (χ0v) is 15.3. The van der Waals surface area contributed by atoms with Gasteiger partial charge in [0.1, 0.15) is 18.0 Å². The molecule has 1 aromatic heterocycles. The molecule has 1 aliphatic rings. The SMILES string of the molecule is CC[C@H](C)Nc1cc(N2CCc3ccc(S(N)(=O)=O)cc3C2)ncn1. The van der Waals surface area contributed by atoms with Crippen LogP contribution in [0.15, 0.2) is 35.5 Å². The molecule has 3 N–H and O–H groups in total. The molecule has 1 atom stereocenters. The number of primary sulfonamides is 1. The molecule has 0 aliphatic carbocycles. The Kier molecular flexibility index (Phi) is 4.91. The molecule has 2 aromatic rings. The molecule has 3 rings (SSSR count). The van der Waals surface area contributed by atoms with Crippen LogP contribution in [0.5, 0.6) is 0 Å². The molecule has 0 unspecified atom stereocenters. The molecular formula is C17H23N5O2S. The van der Waals surface area contributed by atoms with Gasteiger partial charge in [0.15, 0.2) is 0 Å². The number of nitrogens with one attached hydrogen (secondary N) is 1. The van der Waals surface area contributed by atoms with E-state index in [9.17, 15) is 8.42 Å². The molecule has 0 amide bonds. The van der Waals surface area contributed by atoms with Gasteiger partial charge in [-0.05, 0) is 43.0 Å². The average Bonchev–Trinajstić information content (AvgIpc) is 2.60. The number of hydrogen-bond acceptors (Lipinski definition) is 6. The van der Waals surface area contributed by atoms with Gasteiger partial charge in [0, 0.05) is 25.2 Å². The topological polar surface area (TPSA) is 101 Å². The lowest BCUT2D eigenvalue weighted by atomic mass is 10.00. The third-order valence-electron chi connectivity index (χ3n) is 4.50. The number of fused-ring (bicyclic) bond motifs is 1. The summed E-state index contributed by atoms with van der Waals surface area (Å²) in [5.41, 5.74) is 2.11. The summed E-state index contributed by atoms with van der Waals surface area (Å²) in [7, 11) is -3.70. The molecule has 25 heavy (non-hydrogen) atoms. The molecule has 0 saturated heterocycles. The van der Waals surface area contributed by atoms with E-state index in [2.05, 4.69) is 34.0 Å². The molecule has 0 saturated carbocycles. The molecule has 0 spiro atoms. The Morgan fingerprint density at radius 3 is 2.80 bits per heavy atom. The Bertz CT molecular complexity index is 869. The molecule has 0 radical (unpaired) electrons. The summed E-state index contributed by atoms with van der Waals surface area (Å²) in [4.78, 5) is 10.9. The molecule has 2 heterocycles. The first-order valence-corrected chi connectivity index (χ1v) is 9.89. The zero-order chi connectivity index (χ0) is 18.0. The lowest BCUT2D eigenvalue weighted by Crippen LogP contribution is -2.31. The maximum absolute atomic E-state index is 11.6. The van der Waals surface area contributed by atoms with Crippen LogP contribution in [-0.4, -0.2) is 31.0 Å². The van der Waals surface area contributed by atoms with Gasteiger partial charge in [-0.1, -0.05) is 13.0 Å². The van der Waals surface area contributed by atoms with Crippen LogP contribution in [0.25, 0.3) is 0 Å². The quantitative estimate of drug-likeness (QED) is 0.843. The normalized spacial score (nSPS) is 15.6. The summed E-state index contributed by atoms with van der Waals surface area (Å²) in [6, 6.07) is 7.35. The van der Waals surface area contributed by atoms with E-state index >= 15 is 0 Å². The Labute approximate surface area is 148 Å². The lowest BCUT2D eigenvalue weighted by molar-refractivity contribution is 0.597. The van der Waals surface area contributed by atoms with Gasteiger partial charge in [-0.3, -0.25) is 0 Å². The second-order valence-electron chi connectivity index (χ2n) is 6.36. The van der Waals surface area contributed by atoms with Crippen LogP contribution in [-0.2, 0) is 23.0 Å². The fourth-order valence-electron chi connectivity index (χ4n) is 2.86. The highest BCUT2D eigenvalue weighted by Gasteiger charge is 2.20. The van der Waals surface area contributed by atoms with Crippen LogP contribution in [0.1, 0.15) is 31.4 Å². The highest BCUT2D eigenvalue weighted by Crippen LogP contribution is 2.26. The molecule has 1 aromatic carbocycles. The monoisotopic (exact) mass is 361 g/mol. The predicted molar refractivity (Wildman–Crippen MR) is 98.0 cm³/mol. The van der Waals surface area contributed by atoms with Crippen molar-refractivity contribution in [1.29, 1.82) is 0 Å². The number of nitrogens with zero attached hydrogens (tertiary/aromatic N) is 3. The molecule has 0 bridgehead atoms. The van der Waals surface area contributed by atoms with E-state index in [0.29, 0.717) is 12.6 Å². The molecule has 0 fully saturated rings. The van der Waals surface area contributed by atoms with Gasteiger partial charge in [-0.15, -0.1) is 0 Å². The molecule has 1 aliphatic heterocycles. The van der Waals surface area contributed by atoms with Gasteiger partial charge in [-0.25, -0.2) is 23.5 Å². The number of aromatic nitrogens is 2. The molecule has 8 heteroatoms. The Morgan fingerprint density at radius 2 is 2.08 bits per heavy atom. The highest BCUT2D eigenvalue weighted by atomic mass is 32.2. The maximum Gasteiger partial charge on any atom is 0.238 e. The standard InChI is InChI=1S/C17H23N5O2S/c1-3-12(2)21-16-9-17(20-11-19-16)22-7-6-13-4-5-15(25(18,23)24)8-14(13)10-22/h4-5,8-9,11-12H,3,6-7,10H2,1-2H3,(H2,18,23,24)(H,19,20,21)/t12-/m0/s1.